The molecule has 1 atom stereocenters. The first-order chi connectivity index (χ1) is 8.38. The minimum atomic E-state index is -3.42. The Morgan fingerprint density at radius 1 is 1.33 bits per heavy atom. The Hall–Kier alpha value is -0.240. The molecule has 0 bridgehead atoms. The smallest absolute Gasteiger partial charge is 0.220 e. The predicted molar refractivity (Wildman–Crippen MR) is 80.2 cm³/mol. The van der Waals surface area contributed by atoms with Crippen LogP contribution >= 0.6 is 12.2 Å². The maximum Gasteiger partial charge on any atom is 0.220 e. The second kappa shape index (κ2) is 8.79. The first-order valence-electron chi connectivity index (χ1n) is 6.39. The topological polar surface area (TPSA) is 75.4 Å². The number of hydrogen-bond acceptors (Lipinski definition) is 4. The van der Waals surface area contributed by atoms with Crippen LogP contribution in [0.2, 0.25) is 0 Å². The van der Waals surface area contributed by atoms with Crippen LogP contribution in [0.4, 0.5) is 0 Å². The molecule has 0 fully saturated rings. The Morgan fingerprint density at radius 2 is 1.89 bits per heavy atom. The standard InChI is InChI=1S/C11H25N3O2S2/c1-4-10(11(12)17)18(15,16)13-8-7-9-14(5-2)6-3/h10,13H,4-9H2,1-3H3,(H2,12,17). The maximum atomic E-state index is 11.9. The maximum absolute atomic E-state index is 11.9. The van der Waals surface area contributed by atoms with E-state index in [0.717, 1.165) is 26.1 Å². The average Bonchev–Trinajstić information content (AvgIpc) is 2.29. The van der Waals surface area contributed by atoms with Gasteiger partial charge in [0.15, 0.2) is 0 Å². The van der Waals surface area contributed by atoms with Gasteiger partial charge in [-0.3, -0.25) is 0 Å². The van der Waals surface area contributed by atoms with Crippen LogP contribution in [-0.4, -0.2) is 49.7 Å². The summed E-state index contributed by atoms with van der Waals surface area (Å²) in [5, 5.41) is -0.763. The normalized spacial score (nSPS) is 13.8. The zero-order valence-corrected chi connectivity index (χ0v) is 13.1. The van der Waals surface area contributed by atoms with Crippen LogP contribution in [0.3, 0.4) is 0 Å². The molecule has 0 saturated heterocycles. The largest absolute Gasteiger partial charge is 0.392 e. The highest BCUT2D eigenvalue weighted by molar-refractivity contribution is 7.93. The van der Waals surface area contributed by atoms with E-state index in [4.69, 9.17) is 18.0 Å². The summed E-state index contributed by atoms with van der Waals surface area (Å²) >= 11 is 4.77. The molecular formula is C11H25N3O2S2. The predicted octanol–water partition coefficient (Wildman–Crippen LogP) is 0.702. The lowest BCUT2D eigenvalue weighted by Crippen LogP contribution is -2.42. The van der Waals surface area contributed by atoms with Crippen molar-refractivity contribution < 1.29 is 8.42 Å². The fourth-order valence-corrected chi connectivity index (χ4v) is 3.65. The van der Waals surface area contributed by atoms with E-state index in [1.54, 1.807) is 6.92 Å². The third-order valence-corrected chi connectivity index (χ3v) is 5.29. The third-order valence-electron chi connectivity index (χ3n) is 2.91. The molecule has 0 spiro atoms. The lowest BCUT2D eigenvalue weighted by molar-refractivity contribution is 0.300. The number of thiocarbonyl (C=S) groups is 1. The zero-order chi connectivity index (χ0) is 14.2. The minimum Gasteiger partial charge on any atom is -0.392 e. The summed E-state index contributed by atoms with van der Waals surface area (Å²) in [5.41, 5.74) is 5.43. The molecule has 0 aliphatic rings. The van der Waals surface area contributed by atoms with Crippen molar-refractivity contribution in [3.8, 4) is 0 Å². The van der Waals surface area contributed by atoms with E-state index < -0.39 is 15.3 Å². The first kappa shape index (κ1) is 17.8. The van der Waals surface area contributed by atoms with E-state index in [2.05, 4.69) is 23.5 Å². The monoisotopic (exact) mass is 295 g/mol. The number of hydrogen-bond donors (Lipinski definition) is 2. The Balaban J connectivity index is 4.16. The molecule has 0 aromatic rings. The summed E-state index contributed by atoms with van der Waals surface area (Å²) in [6.45, 7) is 9.22. The number of nitrogens with two attached hydrogens (primary N) is 1. The molecule has 0 aromatic carbocycles. The molecule has 108 valence electrons. The summed E-state index contributed by atoms with van der Waals surface area (Å²) in [7, 11) is -3.42. The molecule has 0 heterocycles. The van der Waals surface area contributed by atoms with Gasteiger partial charge in [-0.2, -0.15) is 0 Å². The van der Waals surface area contributed by atoms with E-state index in [-0.39, 0.29) is 4.99 Å². The van der Waals surface area contributed by atoms with Crippen molar-refractivity contribution in [1.29, 1.82) is 0 Å². The van der Waals surface area contributed by atoms with Gasteiger partial charge in [0.05, 0.1) is 4.99 Å². The quantitative estimate of drug-likeness (QED) is 0.458. The van der Waals surface area contributed by atoms with Crippen LogP contribution in [0.15, 0.2) is 0 Å². The van der Waals surface area contributed by atoms with Crippen molar-refractivity contribution in [2.45, 2.75) is 38.9 Å². The van der Waals surface area contributed by atoms with Gasteiger partial charge in [0, 0.05) is 6.54 Å². The molecule has 1 unspecified atom stereocenters. The molecule has 0 radical (unpaired) electrons. The molecule has 0 saturated carbocycles. The van der Waals surface area contributed by atoms with Crippen LogP contribution < -0.4 is 10.5 Å². The molecule has 0 aliphatic carbocycles. The average molecular weight is 295 g/mol. The van der Waals surface area contributed by atoms with Gasteiger partial charge in [0.2, 0.25) is 10.0 Å². The molecule has 5 nitrogen and oxygen atoms in total. The first-order valence-corrected chi connectivity index (χ1v) is 8.34. The van der Waals surface area contributed by atoms with Crippen molar-refractivity contribution in [2.75, 3.05) is 26.2 Å². The van der Waals surface area contributed by atoms with Crippen molar-refractivity contribution in [1.82, 2.24) is 9.62 Å². The molecule has 3 N–H and O–H groups in total. The highest BCUT2D eigenvalue weighted by Gasteiger charge is 2.25. The summed E-state index contributed by atoms with van der Waals surface area (Å²) < 4.78 is 26.4. The van der Waals surface area contributed by atoms with E-state index in [1.165, 1.54) is 0 Å². The Labute approximate surface area is 116 Å². The Kier molecular flexibility index (Phi) is 8.67. The van der Waals surface area contributed by atoms with Gasteiger partial charge in [0.25, 0.3) is 0 Å². The van der Waals surface area contributed by atoms with E-state index in [1.807, 2.05) is 0 Å². The Bertz CT molecular complexity index is 340. The van der Waals surface area contributed by atoms with Gasteiger partial charge >= 0.3 is 0 Å². The van der Waals surface area contributed by atoms with Crippen LogP contribution in [0.1, 0.15) is 33.6 Å². The lowest BCUT2D eigenvalue weighted by atomic mass is 10.3. The van der Waals surface area contributed by atoms with Crippen LogP contribution in [0.25, 0.3) is 0 Å². The van der Waals surface area contributed by atoms with Crippen molar-refractivity contribution >= 4 is 27.2 Å². The highest BCUT2D eigenvalue weighted by Crippen LogP contribution is 2.04. The van der Waals surface area contributed by atoms with Crippen molar-refractivity contribution in [3.05, 3.63) is 0 Å². The molecular weight excluding hydrogens is 270 g/mol. The molecule has 0 rings (SSSR count). The van der Waals surface area contributed by atoms with Crippen LogP contribution in [-0.2, 0) is 10.0 Å². The SMILES string of the molecule is CCC(C(N)=S)S(=O)(=O)NCCCN(CC)CC. The van der Waals surface area contributed by atoms with Gasteiger partial charge in [-0.15, -0.1) is 0 Å². The molecule has 18 heavy (non-hydrogen) atoms. The minimum absolute atomic E-state index is 0.0359. The number of rotatable bonds is 10. The molecule has 0 aromatic heterocycles. The van der Waals surface area contributed by atoms with Crippen molar-refractivity contribution in [2.24, 2.45) is 5.73 Å². The second-order valence-corrected chi connectivity index (χ2v) is 6.54. The van der Waals surface area contributed by atoms with Crippen LogP contribution in [0, 0.1) is 0 Å². The van der Waals surface area contributed by atoms with Crippen molar-refractivity contribution in [3.63, 3.8) is 0 Å². The van der Waals surface area contributed by atoms with Crippen LogP contribution in [0.5, 0.6) is 0 Å². The fourth-order valence-electron chi connectivity index (χ4n) is 1.73. The van der Waals surface area contributed by atoms with Gasteiger partial charge in [-0.1, -0.05) is 33.0 Å². The summed E-state index contributed by atoms with van der Waals surface area (Å²) in [6.07, 6.45) is 1.19. The zero-order valence-electron chi connectivity index (χ0n) is 11.5. The van der Waals surface area contributed by atoms with Gasteiger partial charge in [-0.05, 0) is 32.5 Å². The molecule has 7 heteroatoms. The molecule has 0 aliphatic heterocycles. The number of nitrogens with one attached hydrogen (secondary N) is 1. The van der Waals surface area contributed by atoms with E-state index >= 15 is 0 Å². The molecule has 0 amide bonds. The third kappa shape index (κ3) is 6.08. The van der Waals surface area contributed by atoms with E-state index in [9.17, 15) is 8.42 Å². The summed E-state index contributed by atoms with van der Waals surface area (Å²) in [5.74, 6) is 0. The van der Waals surface area contributed by atoms with Gasteiger partial charge in [0.1, 0.15) is 5.25 Å². The fraction of sp³-hybridized carbons (Fsp3) is 0.909. The number of nitrogens with zero attached hydrogens (tertiary/aromatic N) is 1. The Morgan fingerprint density at radius 3 is 2.28 bits per heavy atom. The second-order valence-electron chi connectivity index (χ2n) is 4.12. The lowest BCUT2D eigenvalue weighted by Gasteiger charge is -2.19. The van der Waals surface area contributed by atoms with Gasteiger partial charge in [-0.25, -0.2) is 13.1 Å². The number of sulfonamides is 1. The van der Waals surface area contributed by atoms with E-state index in [0.29, 0.717) is 13.0 Å². The summed E-state index contributed by atoms with van der Waals surface area (Å²) in [6, 6.07) is 0. The van der Waals surface area contributed by atoms with Gasteiger partial charge < -0.3 is 10.6 Å². The summed E-state index contributed by atoms with van der Waals surface area (Å²) in [4.78, 5) is 2.29. The highest BCUT2D eigenvalue weighted by atomic mass is 32.2.